The third kappa shape index (κ3) is 10.5. The van der Waals surface area contributed by atoms with Gasteiger partial charge in [-0.05, 0) is 12.8 Å². The molecule has 0 bridgehead atoms. The summed E-state index contributed by atoms with van der Waals surface area (Å²) in [7, 11) is -5.00. The van der Waals surface area contributed by atoms with Crippen LogP contribution in [-0.2, 0) is 34.1 Å². The first-order chi connectivity index (χ1) is 12.7. The molecule has 1 fully saturated rings. The van der Waals surface area contributed by atoms with Crippen LogP contribution in [0.1, 0.15) is 65.7 Å². The van der Waals surface area contributed by atoms with Gasteiger partial charge in [0.1, 0.15) is 15.4 Å². The Balaban J connectivity index is 0. The van der Waals surface area contributed by atoms with Crippen molar-refractivity contribution in [3.8, 4) is 0 Å². The van der Waals surface area contributed by atoms with Crippen LogP contribution in [0.5, 0.6) is 0 Å². The summed E-state index contributed by atoms with van der Waals surface area (Å²) < 4.78 is 32.6. The molecule has 1 unspecified atom stereocenters. The second-order valence-corrected chi connectivity index (χ2v) is 7.14. The average molecular weight is 430 g/mol. The van der Waals surface area contributed by atoms with Gasteiger partial charge in [0.25, 0.3) is 11.8 Å². The van der Waals surface area contributed by atoms with Crippen LogP contribution in [0.25, 0.3) is 0 Å². The Morgan fingerprint density at radius 2 is 1.79 bits per heavy atom. The van der Waals surface area contributed by atoms with Crippen LogP contribution in [0.4, 0.5) is 0 Å². The molecule has 28 heavy (non-hydrogen) atoms. The van der Waals surface area contributed by atoms with Crippen LogP contribution in [0, 0.1) is 0 Å². The van der Waals surface area contributed by atoms with Gasteiger partial charge >= 0.3 is 35.5 Å². The molecule has 0 aromatic carbocycles. The smallest absolute Gasteiger partial charge is 0.747 e. The average Bonchev–Trinajstić information content (AvgIpc) is 2.89. The Morgan fingerprint density at radius 3 is 2.29 bits per heavy atom. The molecule has 1 N–H and O–H groups in total. The molecule has 0 aliphatic carbocycles. The quantitative estimate of drug-likeness (QED) is 0.175. The minimum Gasteiger partial charge on any atom is -0.747 e. The largest absolute Gasteiger partial charge is 1.00 e. The first-order valence-electron chi connectivity index (χ1n) is 8.95. The van der Waals surface area contributed by atoms with E-state index in [0.29, 0.717) is 6.54 Å². The van der Waals surface area contributed by atoms with Gasteiger partial charge in [-0.3, -0.25) is 14.4 Å². The third-order valence-electron chi connectivity index (χ3n) is 3.49. The normalized spacial score (nSPS) is 16.0. The van der Waals surface area contributed by atoms with Crippen LogP contribution in [0.2, 0.25) is 0 Å². The zero-order chi connectivity index (χ0) is 21.0. The van der Waals surface area contributed by atoms with Crippen molar-refractivity contribution in [2.45, 2.75) is 71.0 Å². The topological polar surface area (TPSA) is 150 Å². The van der Waals surface area contributed by atoms with Crippen molar-refractivity contribution in [3.05, 3.63) is 0 Å². The second-order valence-electron chi connectivity index (χ2n) is 5.59. The summed E-state index contributed by atoms with van der Waals surface area (Å²) in [5, 5.41) is 0.629. The Labute approximate surface area is 187 Å². The molecule has 3 amide bonds. The maximum atomic E-state index is 11.6. The summed E-state index contributed by atoms with van der Waals surface area (Å²) in [5.41, 5.74) is 0. The van der Waals surface area contributed by atoms with E-state index >= 15 is 0 Å². The van der Waals surface area contributed by atoms with Gasteiger partial charge in [-0.25, -0.2) is 13.2 Å². The molecule has 156 valence electrons. The summed E-state index contributed by atoms with van der Waals surface area (Å²) >= 11 is 0. The zero-order valence-electron chi connectivity index (χ0n) is 16.9. The minimum absolute atomic E-state index is 0. The van der Waals surface area contributed by atoms with Crippen molar-refractivity contribution in [1.29, 1.82) is 0 Å². The standard InChI is InChI=1S/C14H22N2O8S.C2H6.Na/c1-2-3-4-8-15-11(17)6-5-7-13(19)24-16-12(18)9-10(14(16)20)25(21,22)23;1-2;/h10H,2-9H2,1H3,(H,15,17)(H,21,22,23);1-2H3;/q;;+1/p-1. The summed E-state index contributed by atoms with van der Waals surface area (Å²) in [4.78, 5) is 50.7. The molecule has 1 saturated heterocycles. The molecule has 10 nitrogen and oxygen atoms in total. The molecule has 12 heteroatoms. The van der Waals surface area contributed by atoms with Crippen molar-refractivity contribution in [2.75, 3.05) is 6.54 Å². The van der Waals surface area contributed by atoms with Crippen LogP contribution in [-0.4, -0.2) is 53.5 Å². The number of hydrogen-bond acceptors (Lipinski definition) is 8. The number of rotatable bonds is 10. The van der Waals surface area contributed by atoms with Gasteiger partial charge in [-0.2, -0.15) is 0 Å². The number of unbranched alkanes of at least 4 members (excludes halogenated alkanes) is 2. The molecule has 1 aliphatic heterocycles. The van der Waals surface area contributed by atoms with Crippen molar-refractivity contribution >= 4 is 33.8 Å². The van der Waals surface area contributed by atoms with E-state index in [9.17, 15) is 32.1 Å². The number of hydrogen-bond donors (Lipinski definition) is 1. The van der Waals surface area contributed by atoms with Crippen molar-refractivity contribution in [3.63, 3.8) is 0 Å². The number of amides is 3. The molecule has 1 aliphatic rings. The van der Waals surface area contributed by atoms with Crippen LogP contribution >= 0.6 is 0 Å². The minimum atomic E-state index is -5.00. The van der Waals surface area contributed by atoms with E-state index in [0.717, 1.165) is 19.3 Å². The van der Waals surface area contributed by atoms with Crippen molar-refractivity contribution in [2.24, 2.45) is 0 Å². The summed E-state index contributed by atoms with van der Waals surface area (Å²) in [6.45, 7) is 6.59. The first-order valence-corrected chi connectivity index (χ1v) is 10.4. The Hall–Kier alpha value is -1.01. The SMILES string of the molecule is CC.CCCCCNC(=O)CCCC(=O)ON1C(=O)CC(S(=O)(=O)[O-])C1=O.[Na+]. The molecule has 0 spiro atoms. The van der Waals surface area contributed by atoms with E-state index in [1.807, 2.05) is 20.8 Å². The fourth-order valence-electron chi connectivity index (χ4n) is 2.14. The van der Waals surface area contributed by atoms with E-state index in [2.05, 4.69) is 10.2 Å². The Morgan fingerprint density at radius 1 is 1.18 bits per heavy atom. The van der Waals surface area contributed by atoms with Gasteiger partial charge in [0.15, 0.2) is 0 Å². The van der Waals surface area contributed by atoms with Gasteiger partial charge in [-0.15, -0.1) is 5.06 Å². The van der Waals surface area contributed by atoms with Crippen LogP contribution in [0.15, 0.2) is 0 Å². The predicted molar refractivity (Wildman–Crippen MR) is 93.8 cm³/mol. The number of carbonyl (C=O) groups excluding carboxylic acids is 4. The van der Waals surface area contributed by atoms with Gasteiger partial charge in [-0.1, -0.05) is 33.6 Å². The Kier molecular flexibility index (Phi) is 15.5. The van der Waals surface area contributed by atoms with E-state index in [4.69, 9.17) is 0 Å². The molecule has 1 atom stereocenters. The van der Waals surface area contributed by atoms with Gasteiger partial charge in [0.05, 0.1) is 6.42 Å². The molecular weight excluding hydrogens is 403 g/mol. The zero-order valence-corrected chi connectivity index (χ0v) is 19.7. The number of hydroxylamine groups is 2. The fraction of sp³-hybridized carbons (Fsp3) is 0.750. The molecule has 1 heterocycles. The first kappa shape index (κ1) is 29.2. The van der Waals surface area contributed by atoms with Crippen molar-refractivity contribution < 1.29 is 66.5 Å². The monoisotopic (exact) mass is 430 g/mol. The third-order valence-corrected chi connectivity index (χ3v) is 4.56. The summed E-state index contributed by atoms with van der Waals surface area (Å²) in [6.07, 6.45) is 2.02. The van der Waals surface area contributed by atoms with Crippen LogP contribution in [0.3, 0.4) is 0 Å². The molecular formula is C16H27N2NaO8S. The maximum absolute atomic E-state index is 11.6. The van der Waals surface area contributed by atoms with Crippen molar-refractivity contribution in [1.82, 2.24) is 10.4 Å². The van der Waals surface area contributed by atoms with E-state index in [-0.39, 0.29) is 59.8 Å². The molecule has 0 aromatic heterocycles. The molecule has 1 rings (SSSR count). The van der Waals surface area contributed by atoms with E-state index < -0.39 is 39.6 Å². The predicted octanol–water partition coefficient (Wildman–Crippen LogP) is -2.38. The van der Waals surface area contributed by atoms with Gasteiger partial charge in [0, 0.05) is 19.4 Å². The maximum Gasteiger partial charge on any atom is 1.00 e. The fourth-order valence-corrected chi connectivity index (χ4v) is 2.83. The number of nitrogens with zero attached hydrogens (tertiary/aromatic N) is 1. The van der Waals surface area contributed by atoms with E-state index in [1.54, 1.807) is 0 Å². The summed E-state index contributed by atoms with van der Waals surface area (Å²) in [6, 6.07) is 0. The number of imide groups is 1. The Bertz CT molecular complexity index is 639. The molecule has 0 radical (unpaired) electrons. The number of carbonyl (C=O) groups is 4. The molecule has 0 saturated carbocycles. The summed E-state index contributed by atoms with van der Waals surface area (Å²) in [5.74, 6) is -3.64. The van der Waals surface area contributed by atoms with Gasteiger partial charge in [0.2, 0.25) is 5.91 Å². The second kappa shape index (κ2) is 14.9. The van der Waals surface area contributed by atoms with Gasteiger partial charge < -0.3 is 14.7 Å². The molecule has 0 aromatic rings. The number of nitrogens with one attached hydrogen (secondary N) is 1. The van der Waals surface area contributed by atoms with E-state index in [1.165, 1.54) is 0 Å². The van der Waals surface area contributed by atoms with Crippen LogP contribution < -0.4 is 34.9 Å².